The summed E-state index contributed by atoms with van der Waals surface area (Å²) in [5.41, 5.74) is 0. The Kier molecular flexibility index (Phi) is 10.2. The van der Waals surface area contributed by atoms with E-state index in [0.717, 1.165) is 0 Å². The van der Waals surface area contributed by atoms with E-state index in [1.165, 1.54) is 0 Å². The molecule has 5 heavy (non-hydrogen) atoms. The molecule has 0 aliphatic heterocycles. The van der Waals surface area contributed by atoms with Gasteiger partial charge < -0.3 is 10.2 Å². The Hall–Kier alpha value is 1.32. The summed E-state index contributed by atoms with van der Waals surface area (Å²) in [5.74, 6) is 0. The van der Waals surface area contributed by atoms with Crippen LogP contribution in [0.1, 0.15) is 0 Å². The summed E-state index contributed by atoms with van der Waals surface area (Å²) in [5, 5.41) is 13.9. The van der Waals surface area contributed by atoms with Crippen LogP contribution in [0, 0.1) is 0 Å². The van der Waals surface area contributed by atoms with Crippen molar-refractivity contribution in [1.29, 1.82) is 0 Å². The Morgan fingerprint density at radius 3 is 1.40 bits per heavy atom. The molecule has 0 radical (unpaired) electrons. The molecule has 0 aromatic rings. The van der Waals surface area contributed by atoms with Crippen LogP contribution < -0.4 is 0 Å². The molecule has 3 nitrogen and oxygen atoms in total. The van der Waals surface area contributed by atoms with Crippen LogP contribution in [0.4, 0.5) is 4.79 Å². The summed E-state index contributed by atoms with van der Waals surface area (Å²) in [4.78, 5) is 8.56. The van der Waals surface area contributed by atoms with Crippen LogP contribution in [-0.2, 0) is 0 Å². The van der Waals surface area contributed by atoms with Crippen LogP contribution in [0.3, 0.4) is 0 Å². The first-order valence-corrected chi connectivity index (χ1v) is 0.651. The van der Waals surface area contributed by atoms with E-state index in [4.69, 9.17) is 15.0 Å². The average Bonchev–Trinajstić information content (AvgIpc) is 0.811. The van der Waals surface area contributed by atoms with E-state index in [1.54, 1.807) is 0 Å². The molecule has 4 heteroatoms. The van der Waals surface area contributed by atoms with E-state index < -0.39 is 6.16 Å². The van der Waals surface area contributed by atoms with Gasteiger partial charge in [-0.15, -0.1) is 0 Å². The molecular weight excluding hydrogens is 193 g/mol. The molecule has 0 aromatic carbocycles. The zero-order valence-corrected chi connectivity index (χ0v) is 1.80. The van der Waals surface area contributed by atoms with Gasteiger partial charge in [-0.1, -0.05) is 0 Å². The van der Waals surface area contributed by atoms with Crippen LogP contribution in [0.2, 0.25) is 0 Å². The Labute approximate surface area is 87.8 Å². The molecule has 0 atom stereocenters. The topological polar surface area (TPSA) is 57.5 Å². The number of carboxylic acid groups (broad SMARTS) is 2. The fraction of sp³-hybridized carbons (Fsp3) is 0. The summed E-state index contributed by atoms with van der Waals surface area (Å²) in [7, 11) is 0. The maximum atomic E-state index is 8.56. The first-order chi connectivity index (χ1) is 1.73. The fourth-order valence-electron chi connectivity index (χ4n) is 0. The molecule has 0 aliphatic carbocycles. The van der Waals surface area contributed by atoms with Gasteiger partial charge in [-0.05, 0) is 0 Å². The summed E-state index contributed by atoms with van der Waals surface area (Å²) in [6.07, 6.45) is -1.83. The average molecular weight is 196 g/mol. The molecule has 0 aromatic heterocycles. The van der Waals surface area contributed by atoms with Gasteiger partial charge >= 0.3 is 75.0 Å². The van der Waals surface area contributed by atoms with Gasteiger partial charge in [0.1, 0.15) is 0 Å². The molecule has 2 N–H and O–H groups in total. The fourth-order valence-corrected chi connectivity index (χ4v) is 0. The molecule has 0 heterocycles. The van der Waals surface area contributed by atoms with E-state index in [0.29, 0.717) is 0 Å². The van der Waals surface area contributed by atoms with Gasteiger partial charge in [0.15, 0.2) is 0 Å². The minimum absolute atomic E-state index is 0. The first kappa shape index (κ1) is 9.59. The molecule has 0 aliphatic rings. The summed E-state index contributed by atoms with van der Waals surface area (Å²) < 4.78 is 0. The summed E-state index contributed by atoms with van der Waals surface area (Å²) in [6.45, 7) is 0. The van der Waals surface area contributed by atoms with E-state index >= 15 is 0 Å². The first-order valence-electron chi connectivity index (χ1n) is 0.651. The zero-order valence-electron chi connectivity index (χ0n) is 1.80. The Morgan fingerprint density at radius 2 is 1.40 bits per heavy atom. The molecule has 0 rings (SSSR count). The van der Waals surface area contributed by atoms with Gasteiger partial charge in [0, 0.05) is 0 Å². The number of rotatable bonds is 0. The third-order valence-electron chi connectivity index (χ3n) is 0. The Balaban J connectivity index is 0. The predicted octanol–water partition coefficient (Wildman–Crippen LogP) is -0.426. The van der Waals surface area contributed by atoms with E-state index in [1.807, 2.05) is 0 Å². The van der Waals surface area contributed by atoms with Crippen LogP contribution in [0.5, 0.6) is 0 Å². The van der Waals surface area contributed by atoms with Gasteiger partial charge in [0.05, 0.1) is 0 Å². The Morgan fingerprint density at radius 1 is 1.40 bits per heavy atom. The SMILES string of the molecule is O=C(O)O.[CsH]. The molecule has 0 saturated carbocycles. The second-order valence-corrected chi connectivity index (χ2v) is 0.283. The van der Waals surface area contributed by atoms with E-state index in [-0.39, 0.29) is 68.9 Å². The van der Waals surface area contributed by atoms with Gasteiger partial charge in [0.2, 0.25) is 0 Å². The van der Waals surface area contributed by atoms with Crippen LogP contribution in [0.15, 0.2) is 0 Å². The Bertz CT molecular complexity index is 29.9. The molecule has 0 amide bonds. The van der Waals surface area contributed by atoms with Crippen molar-refractivity contribution < 1.29 is 15.0 Å². The van der Waals surface area contributed by atoms with Crippen LogP contribution in [0.25, 0.3) is 0 Å². The van der Waals surface area contributed by atoms with Crippen molar-refractivity contribution in [3.05, 3.63) is 0 Å². The van der Waals surface area contributed by atoms with E-state index in [9.17, 15) is 0 Å². The zero-order chi connectivity index (χ0) is 3.58. The van der Waals surface area contributed by atoms with Gasteiger partial charge in [-0.2, -0.15) is 0 Å². The van der Waals surface area contributed by atoms with Gasteiger partial charge in [-0.3, -0.25) is 0 Å². The normalized spacial score (nSPS) is 4.80. The van der Waals surface area contributed by atoms with Crippen molar-refractivity contribution >= 4 is 75.0 Å². The standard InChI is InChI=1S/CH2O3.Cs.H/c2-1(3)4;;/h(H2,2,3,4);;. The second kappa shape index (κ2) is 5.32. The molecule has 26 valence electrons. The minimum atomic E-state index is -1.83. The van der Waals surface area contributed by atoms with Crippen molar-refractivity contribution in [2.24, 2.45) is 0 Å². The number of hydrogen-bond acceptors (Lipinski definition) is 1. The predicted molar refractivity (Wildman–Crippen MR) is 17.8 cm³/mol. The molecule has 0 fully saturated rings. The van der Waals surface area contributed by atoms with E-state index in [2.05, 4.69) is 0 Å². The van der Waals surface area contributed by atoms with Crippen molar-refractivity contribution in [2.75, 3.05) is 0 Å². The summed E-state index contributed by atoms with van der Waals surface area (Å²) >= 11 is 0. The van der Waals surface area contributed by atoms with Crippen molar-refractivity contribution in [3.8, 4) is 0 Å². The molecule has 0 saturated heterocycles. The summed E-state index contributed by atoms with van der Waals surface area (Å²) in [6, 6.07) is 0. The molecule has 0 spiro atoms. The number of hydrogen-bond donors (Lipinski definition) is 2. The maximum absolute atomic E-state index is 8.56. The van der Waals surface area contributed by atoms with Crippen LogP contribution >= 0.6 is 0 Å². The molecular formula is CH3CsO3. The second-order valence-electron chi connectivity index (χ2n) is 0.283. The van der Waals surface area contributed by atoms with Crippen molar-refractivity contribution in [3.63, 3.8) is 0 Å². The monoisotopic (exact) mass is 196 g/mol. The quantitative estimate of drug-likeness (QED) is 0.552. The van der Waals surface area contributed by atoms with Crippen LogP contribution in [-0.4, -0.2) is 85.3 Å². The van der Waals surface area contributed by atoms with Crippen molar-refractivity contribution in [1.82, 2.24) is 0 Å². The third-order valence-corrected chi connectivity index (χ3v) is 0. The van der Waals surface area contributed by atoms with Gasteiger partial charge in [-0.25, -0.2) is 4.79 Å². The van der Waals surface area contributed by atoms with Gasteiger partial charge in [0.25, 0.3) is 0 Å². The third kappa shape index (κ3) is 33.6. The molecule has 0 bridgehead atoms. The molecule has 0 unspecified atom stereocenters. The number of carbonyl (C=O) groups is 1. The van der Waals surface area contributed by atoms with Crippen molar-refractivity contribution in [2.45, 2.75) is 0 Å².